The van der Waals surface area contributed by atoms with Crippen LogP contribution in [0.4, 0.5) is 5.95 Å². The van der Waals surface area contributed by atoms with E-state index < -0.39 is 0 Å². The smallest absolute Gasteiger partial charge is 0.249 e. The first-order valence-corrected chi connectivity index (χ1v) is 8.30. The number of anilines is 1. The summed E-state index contributed by atoms with van der Waals surface area (Å²) in [6.45, 7) is 2.06. The van der Waals surface area contributed by atoms with Gasteiger partial charge in [0.25, 0.3) is 0 Å². The van der Waals surface area contributed by atoms with Crippen LogP contribution in [0.3, 0.4) is 0 Å². The Balaban J connectivity index is 1.51. The zero-order chi connectivity index (χ0) is 17.2. The minimum absolute atomic E-state index is 0.00663. The van der Waals surface area contributed by atoms with Gasteiger partial charge < -0.3 is 19.3 Å². The van der Waals surface area contributed by atoms with Crippen molar-refractivity contribution < 1.29 is 14.3 Å². The van der Waals surface area contributed by atoms with Gasteiger partial charge in [-0.05, 0) is 23.8 Å². The van der Waals surface area contributed by atoms with Crippen LogP contribution in [0, 0.1) is 0 Å². The summed E-state index contributed by atoms with van der Waals surface area (Å²) in [5.74, 6) is 1.51. The summed E-state index contributed by atoms with van der Waals surface area (Å²) in [6.07, 6.45) is 3.44. The summed E-state index contributed by atoms with van der Waals surface area (Å²) in [4.78, 5) is 25.0. The Bertz CT molecular complexity index is 738. The van der Waals surface area contributed by atoms with Crippen LogP contribution in [0.15, 0.2) is 42.7 Å². The third-order valence-electron chi connectivity index (χ3n) is 4.73. The molecule has 25 heavy (non-hydrogen) atoms. The second kappa shape index (κ2) is 6.68. The van der Waals surface area contributed by atoms with Crippen LogP contribution >= 0.6 is 0 Å². The van der Waals surface area contributed by atoms with Crippen LogP contribution in [0.5, 0.6) is 5.75 Å². The largest absolute Gasteiger partial charge is 0.497 e. The van der Waals surface area contributed by atoms with Gasteiger partial charge in [0.1, 0.15) is 12.4 Å². The second-order valence-corrected chi connectivity index (χ2v) is 6.24. The van der Waals surface area contributed by atoms with Gasteiger partial charge in [0, 0.05) is 32.0 Å². The minimum Gasteiger partial charge on any atom is -0.497 e. The molecule has 0 saturated carbocycles. The van der Waals surface area contributed by atoms with E-state index >= 15 is 0 Å². The molecule has 2 aromatic rings. The number of rotatable bonds is 4. The number of hydrogen-bond acceptors (Lipinski definition) is 6. The molecule has 0 bridgehead atoms. The Labute approximate surface area is 146 Å². The van der Waals surface area contributed by atoms with E-state index in [0.717, 1.165) is 11.3 Å². The molecule has 3 heterocycles. The number of amides is 1. The van der Waals surface area contributed by atoms with Crippen LogP contribution in [0.1, 0.15) is 5.56 Å². The van der Waals surface area contributed by atoms with Crippen molar-refractivity contribution in [2.45, 2.75) is 18.7 Å². The number of fused-ring (bicyclic) bond motifs is 1. The maximum absolute atomic E-state index is 12.4. The van der Waals surface area contributed by atoms with Crippen LogP contribution in [-0.2, 0) is 16.1 Å². The Hall–Kier alpha value is -2.67. The number of nitrogens with zero attached hydrogens (tertiary/aromatic N) is 4. The lowest BCUT2D eigenvalue weighted by atomic mass is 10.1. The zero-order valence-corrected chi connectivity index (χ0v) is 14.0. The maximum Gasteiger partial charge on any atom is 0.249 e. The van der Waals surface area contributed by atoms with Crippen molar-refractivity contribution in [2.75, 3.05) is 31.7 Å². The summed E-state index contributed by atoms with van der Waals surface area (Å²) in [5.41, 5.74) is 1.07. The molecule has 2 aliphatic rings. The number of carbonyl (C=O) groups excluding carboxylic acids is 1. The van der Waals surface area contributed by atoms with Crippen molar-refractivity contribution in [3.63, 3.8) is 0 Å². The summed E-state index contributed by atoms with van der Waals surface area (Å²) < 4.78 is 11.0. The van der Waals surface area contributed by atoms with Crippen LogP contribution in [-0.4, -0.2) is 59.7 Å². The minimum atomic E-state index is -0.0141. The Morgan fingerprint density at radius 1 is 1.20 bits per heavy atom. The highest BCUT2D eigenvalue weighted by Crippen LogP contribution is 2.27. The summed E-state index contributed by atoms with van der Waals surface area (Å²) in [6, 6.07) is 9.61. The van der Waals surface area contributed by atoms with Crippen LogP contribution in [0.25, 0.3) is 0 Å². The highest BCUT2D eigenvalue weighted by atomic mass is 16.5. The van der Waals surface area contributed by atoms with Gasteiger partial charge in [-0.3, -0.25) is 4.79 Å². The first kappa shape index (κ1) is 15.8. The van der Waals surface area contributed by atoms with E-state index in [1.165, 1.54) is 0 Å². The fourth-order valence-corrected chi connectivity index (χ4v) is 3.42. The fraction of sp³-hybridized carbons (Fsp3) is 0.389. The number of morpholine rings is 1. The fourth-order valence-electron chi connectivity index (χ4n) is 3.42. The van der Waals surface area contributed by atoms with Gasteiger partial charge >= 0.3 is 0 Å². The number of hydrogen-bond donors (Lipinski definition) is 0. The van der Waals surface area contributed by atoms with E-state index in [1.807, 2.05) is 29.2 Å². The van der Waals surface area contributed by atoms with Gasteiger partial charge in [-0.25, -0.2) is 9.97 Å². The molecule has 0 N–H and O–H groups in total. The third-order valence-corrected chi connectivity index (χ3v) is 4.73. The lowest BCUT2D eigenvalue weighted by Crippen LogP contribution is -2.53. The lowest BCUT2D eigenvalue weighted by molar-refractivity contribution is -0.153. The quantitative estimate of drug-likeness (QED) is 0.830. The van der Waals surface area contributed by atoms with Crippen LogP contribution in [0.2, 0.25) is 0 Å². The molecule has 1 amide bonds. The summed E-state index contributed by atoms with van der Waals surface area (Å²) in [7, 11) is 1.64. The molecular weight excluding hydrogens is 320 g/mol. The average Bonchev–Trinajstić information content (AvgIpc) is 3.10. The van der Waals surface area contributed by atoms with Gasteiger partial charge in [-0.1, -0.05) is 12.1 Å². The monoisotopic (exact) mass is 340 g/mol. The van der Waals surface area contributed by atoms with Gasteiger partial charge in [-0.15, -0.1) is 0 Å². The average molecular weight is 340 g/mol. The molecule has 0 aliphatic carbocycles. The number of ether oxygens (including phenoxy) is 2. The Morgan fingerprint density at radius 3 is 2.68 bits per heavy atom. The van der Waals surface area contributed by atoms with E-state index in [4.69, 9.17) is 9.47 Å². The SMILES string of the molecule is COc1ccc(CN2C(=O)COC3CN(c4ncccn4)CC32)cc1. The molecule has 0 spiro atoms. The van der Waals surface area contributed by atoms with Crippen molar-refractivity contribution in [3.8, 4) is 5.75 Å². The molecule has 2 fully saturated rings. The molecule has 2 aliphatic heterocycles. The standard InChI is InChI=1S/C18H20N4O3/c1-24-14-5-3-13(4-6-14)9-22-15-10-21(18-19-7-2-8-20-18)11-16(15)25-12-17(22)23/h2-8,15-16H,9-12H2,1H3. The Morgan fingerprint density at radius 2 is 1.96 bits per heavy atom. The number of benzene rings is 1. The normalized spacial score (nSPS) is 22.8. The van der Waals surface area contributed by atoms with Gasteiger partial charge in [-0.2, -0.15) is 0 Å². The molecule has 1 aromatic heterocycles. The zero-order valence-electron chi connectivity index (χ0n) is 14.0. The molecule has 4 rings (SSSR count). The van der Waals surface area contributed by atoms with Crippen molar-refractivity contribution >= 4 is 11.9 Å². The first-order valence-electron chi connectivity index (χ1n) is 8.30. The predicted octanol–water partition coefficient (Wildman–Crippen LogP) is 1.10. The molecule has 2 saturated heterocycles. The molecule has 1 aromatic carbocycles. The Kier molecular flexibility index (Phi) is 4.23. The maximum atomic E-state index is 12.4. The van der Waals surface area contributed by atoms with Crippen LogP contribution < -0.4 is 9.64 Å². The van der Waals surface area contributed by atoms with Crippen molar-refractivity contribution in [3.05, 3.63) is 48.3 Å². The topological polar surface area (TPSA) is 67.8 Å². The molecular formula is C18H20N4O3. The van der Waals surface area contributed by atoms with Gasteiger partial charge in [0.2, 0.25) is 11.9 Å². The van der Waals surface area contributed by atoms with E-state index in [-0.39, 0.29) is 24.7 Å². The molecule has 2 atom stereocenters. The lowest BCUT2D eigenvalue weighted by Gasteiger charge is -2.36. The van der Waals surface area contributed by atoms with E-state index in [0.29, 0.717) is 25.6 Å². The molecule has 0 radical (unpaired) electrons. The highest BCUT2D eigenvalue weighted by molar-refractivity contribution is 5.79. The third kappa shape index (κ3) is 3.15. The van der Waals surface area contributed by atoms with Crippen molar-refractivity contribution in [1.82, 2.24) is 14.9 Å². The molecule has 7 nitrogen and oxygen atoms in total. The van der Waals surface area contributed by atoms with Gasteiger partial charge in [0.15, 0.2) is 0 Å². The summed E-state index contributed by atoms with van der Waals surface area (Å²) >= 11 is 0. The first-order chi connectivity index (χ1) is 12.2. The summed E-state index contributed by atoms with van der Waals surface area (Å²) in [5, 5.41) is 0. The number of aromatic nitrogens is 2. The number of methoxy groups -OCH3 is 1. The van der Waals surface area contributed by atoms with E-state index in [1.54, 1.807) is 25.6 Å². The van der Waals surface area contributed by atoms with Crippen molar-refractivity contribution in [1.29, 1.82) is 0 Å². The second-order valence-electron chi connectivity index (χ2n) is 6.24. The predicted molar refractivity (Wildman–Crippen MR) is 91.3 cm³/mol. The molecule has 7 heteroatoms. The number of carbonyl (C=O) groups is 1. The van der Waals surface area contributed by atoms with Crippen molar-refractivity contribution in [2.24, 2.45) is 0 Å². The molecule has 2 unspecified atom stereocenters. The van der Waals surface area contributed by atoms with Gasteiger partial charge in [0.05, 0.1) is 19.3 Å². The highest BCUT2D eigenvalue weighted by Gasteiger charge is 2.43. The van der Waals surface area contributed by atoms with E-state index in [9.17, 15) is 4.79 Å². The van der Waals surface area contributed by atoms with E-state index in [2.05, 4.69) is 14.9 Å². The molecule has 130 valence electrons.